The smallest absolute Gasteiger partial charge is 0.340 e. The molecule has 5 saturated carbocycles. The van der Waals surface area contributed by atoms with Crippen LogP contribution in [0, 0.1) is 40.4 Å². The lowest BCUT2D eigenvalue weighted by Gasteiger charge is -2.69. The van der Waals surface area contributed by atoms with Gasteiger partial charge < -0.3 is 38.6 Å². The number of para-hydroxylation sites is 1. The summed E-state index contributed by atoms with van der Waals surface area (Å²) in [5, 5.41) is 25.8. The molecule has 2 saturated heterocycles. The Bertz CT molecular complexity index is 2100. The van der Waals surface area contributed by atoms with E-state index in [-0.39, 0.29) is 42.2 Å². The maximum absolute atomic E-state index is 14.3. The van der Waals surface area contributed by atoms with Crippen LogP contribution in [0.2, 0.25) is 0 Å². The molecule has 2 heterocycles. The van der Waals surface area contributed by atoms with E-state index in [1.165, 1.54) is 14.0 Å². The second kappa shape index (κ2) is 14.4. The Kier molecular flexibility index (Phi) is 9.88. The van der Waals surface area contributed by atoms with Gasteiger partial charge in [-0.25, -0.2) is 14.5 Å². The zero-order chi connectivity index (χ0) is 42.7. The molecule has 2 amide bonds. The van der Waals surface area contributed by atoms with Gasteiger partial charge in [-0.15, -0.1) is 0 Å². The highest BCUT2D eigenvalue weighted by molar-refractivity contribution is 6.22. The minimum atomic E-state index is -1.92. The lowest BCUT2D eigenvalue weighted by Crippen LogP contribution is -2.80. The van der Waals surface area contributed by atoms with E-state index >= 15 is 0 Å². The third-order valence-electron chi connectivity index (χ3n) is 15.8. The fourth-order valence-corrected chi connectivity index (χ4v) is 14.2. The molecule has 322 valence electrons. The molecular formula is C45H54N2O13. The summed E-state index contributed by atoms with van der Waals surface area (Å²) in [6, 6.07) is 14.4. The molecular weight excluding hydrogens is 776 g/mol. The number of piperidine rings is 1. The van der Waals surface area contributed by atoms with Crippen molar-refractivity contribution in [2.24, 2.45) is 40.4 Å². The highest BCUT2D eigenvalue weighted by Gasteiger charge is 2.91. The average Bonchev–Trinajstić information content (AvgIpc) is 3.74. The number of carbonyl (C=O) groups is 5. The van der Waals surface area contributed by atoms with Crippen LogP contribution in [-0.4, -0.2) is 134 Å². The van der Waals surface area contributed by atoms with Gasteiger partial charge in [0.1, 0.15) is 23.9 Å². The van der Waals surface area contributed by atoms with E-state index in [9.17, 15) is 34.2 Å². The van der Waals surface area contributed by atoms with E-state index in [0.29, 0.717) is 25.9 Å². The summed E-state index contributed by atoms with van der Waals surface area (Å²) in [7, 11) is 4.63. The van der Waals surface area contributed by atoms with Gasteiger partial charge in [0.2, 0.25) is 11.8 Å². The predicted octanol–water partition coefficient (Wildman–Crippen LogP) is 2.79. The van der Waals surface area contributed by atoms with Crippen molar-refractivity contribution in [2.45, 2.75) is 94.2 Å². The minimum absolute atomic E-state index is 0.0100. The van der Waals surface area contributed by atoms with E-state index in [1.54, 1.807) is 75.7 Å². The maximum Gasteiger partial charge on any atom is 0.340 e. The number of anilines is 1. The number of carbonyl (C=O) groups excluding carboxylic acids is 5. The van der Waals surface area contributed by atoms with Gasteiger partial charge in [-0.3, -0.25) is 19.3 Å². The van der Waals surface area contributed by atoms with Crippen molar-refractivity contribution in [1.29, 1.82) is 0 Å². The summed E-state index contributed by atoms with van der Waals surface area (Å²) >= 11 is 0. The van der Waals surface area contributed by atoms with E-state index in [4.69, 9.17) is 28.4 Å². The van der Waals surface area contributed by atoms with Gasteiger partial charge in [0.05, 0.1) is 35.6 Å². The summed E-state index contributed by atoms with van der Waals surface area (Å²) in [6.45, 7) is 5.89. The van der Waals surface area contributed by atoms with Gasteiger partial charge in [0, 0.05) is 81.8 Å². The van der Waals surface area contributed by atoms with Crippen LogP contribution in [0.5, 0.6) is 0 Å². The normalized spacial score (nSPS) is 42.3. The number of likely N-dealkylation sites (tertiary alicyclic amines) is 1. The first-order chi connectivity index (χ1) is 28.7. The molecule has 2 aliphatic heterocycles. The van der Waals surface area contributed by atoms with Crippen molar-refractivity contribution >= 4 is 35.4 Å². The number of fused-ring (bicyclic) bond motifs is 2. The maximum atomic E-state index is 14.3. The third-order valence-corrected chi connectivity index (χ3v) is 15.8. The lowest BCUT2D eigenvalue weighted by atomic mass is 9.43. The standard InChI is InChI=1S/C45H54N2O13/c1-7-46-21-42(22-58-41(53)26-15-11-12-16-28(26)47-30(49)19-23(2)39(47)51)18-17-29(55-4)44-27-20-43(54)37(59-40(52)25-13-9-8-10-14-25)31(27)45(60-24(3)48,36(50)38(43)57-6)32(35(44)46)33(56-5)34(42)44/h8-16,23,27,29,31-38,50,54H,7,17-22H2,1-6H3/t23-,27+,29-,31+,32+,33-,34+,35?,36-,37+,38-,42-,43+,44-,45+/m0/s1. The topological polar surface area (TPSA) is 188 Å². The van der Waals surface area contributed by atoms with Gasteiger partial charge in [-0.1, -0.05) is 44.2 Å². The van der Waals surface area contributed by atoms with Crippen LogP contribution in [0.25, 0.3) is 0 Å². The van der Waals surface area contributed by atoms with Crippen LogP contribution in [-0.2, 0) is 42.8 Å². The quantitative estimate of drug-likeness (QED) is 0.191. The van der Waals surface area contributed by atoms with Crippen LogP contribution in [0.3, 0.4) is 0 Å². The number of nitrogens with zero attached hydrogens (tertiary/aromatic N) is 2. The predicted molar refractivity (Wildman–Crippen MR) is 210 cm³/mol. The molecule has 2 aromatic carbocycles. The molecule has 7 aliphatic rings. The molecule has 2 aromatic rings. The molecule has 2 N–H and O–H groups in total. The minimum Gasteiger partial charge on any atom is -0.461 e. The Balaban J connectivity index is 1.19. The Morgan fingerprint density at radius 2 is 1.63 bits per heavy atom. The molecule has 15 atom stereocenters. The summed E-state index contributed by atoms with van der Waals surface area (Å²) in [5.74, 6) is -6.06. The Labute approximate surface area is 348 Å². The van der Waals surface area contributed by atoms with E-state index < -0.39 is 112 Å². The van der Waals surface area contributed by atoms with Crippen LogP contribution in [0.1, 0.15) is 67.2 Å². The monoisotopic (exact) mass is 830 g/mol. The fourth-order valence-electron chi connectivity index (χ4n) is 14.2. The number of rotatable bonds is 11. The molecule has 5 aliphatic carbocycles. The van der Waals surface area contributed by atoms with Crippen LogP contribution in [0.15, 0.2) is 54.6 Å². The van der Waals surface area contributed by atoms with E-state index in [0.717, 1.165) is 4.90 Å². The van der Waals surface area contributed by atoms with Gasteiger partial charge >= 0.3 is 17.9 Å². The molecule has 9 rings (SSSR count). The molecule has 7 fully saturated rings. The molecule has 1 unspecified atom stereocenters. The summed E-state index contributed by atoms with van der Waals surface area (Å²) in [4.78, 5) is 71.4. The average molecular weight is 831 g/mol. The van der Waals surface area contributed by atoms with Gasteiger partial charge in [0.25, 0.3) is 0 Å². The van der Waals surface area contributed by atoms with Crippen molar-refractivity contribution in [1.82, 2.24) is 4.90 Å². The van der Waals surface area contributed by atoms with Gasteiger partial charge in [-0.2, -0.15) is 0 Å². The number of aliphatic hydroxyl groups is 2. The third kappa shape index (κ3) is 5.19. The molecule has 15 heteroatoms. The van der Waals surface area contributed by atoms with Crippen LogP contribution < -0.4 is 4.90 Å². The number of aliphatic hydroxyl groups excluding tert-OH is 1. The number of benzene rings is 2. The number of methoxy groups -OCH3 is 3. The van der Waals surface area contributed by atoms with Crippen molar-refractivity contribution in [3.05, 3.63) is 65.7 Å². The molecule has 0 radical (unpaired) electrons. The number of ether oxygens (including phenoxy) is 6. The molecule has 1 spiro atoms. The second-order valence-corrected chi connectivity index (χ2v) is 18.2. The Morgan fingerprint density at radius 1 is 0.917 bits per heavy atom. The first kappa shape index (κ1) is 41.1. The Hall–Kier alpha value is -4.25. The number of hydrogen-bond donors (Lipinski definition) is 2. The number of imide groups is 1. The summed E-state index contributed by atoms with van der Waals surface area (Å²) in [5.41, 5.74) is -4.85. The SMILES string of the molecule is CCN1C[C@]2(COC(=O)c3ccccc3N3C(=O)C[C@H](C)C3=O)CC[C@H](OC)[C@]34C1[C@@H]([C@H](OC)[C@H]23)[C@]1(OC(C)=O)[C@H]2[C@@H](OC(=O)c3ccccc3)[C@](O)(C[C@H]24)[C@@H](OC)[C@@H]1O. The largest absolute Gasteiger partial charge is 0.461 e. The lowest BCUT2D eigenvalue weighted by molar-refractivity contribution is -0.317. The zero-order valence-corrected chi connectivity index (χ0v) is 34.8. The van der Waals surface area contributed by atoms with Crippen molar-refractivity contribution in [3.63, 3.8) is 0 Å². The van der Waals surface area contributed by atoms with Crippen LogP contribution >= 0.6 is 0 Å². The van der Waals surface area contributed by atoms with Crippen LogP contribution in [0.4, 0.5) is 5.69 Å². The molecule has 15 nitrogen and oxygen atoms in total. The van der Waals surface area contributed by atoms with Crippen molar-refractivity contribution in [3.8, 4) is 0 Å². The summed E-state index contributed by atoms with van der Waals surface area (Å²) < 4.78 is 38.5. The van der Waals surface area contributed by atoms with Gasteiger partial charge in [-0.05, 0) is 56.0 Å². The van der Waals surface area contributed by atoms with Gasteiger partial charge in [0.15, 0.2) is 5.60 Å². The second-order valence-electron chi connectivity index (χ2n) is 18.2. The summed E-state index contributed by atoms with van der Waals surface area (Å²) in [6.07, 6.45) is -4.20. The van der Waals surface area contributed by atoms with Crippen molar-refractivity contribution < 1.29 is 62.6 Å². The number of esters is 3. The Morgan fingerprint density at radius 3 is 2.27 bits per heavy atom. The number of hydrogen-bond acceptors (Lipinski definition) is 14. The molecule has 7 bridgehead atoms. The highest BCUT2D eigenvalue weighted by Crippen LogP contribution is 2.80. The zero-order valence-electron chi connectivity index (χ0n) is 34.8. The van der Waals surface area contributed by atoms with E-state index in [2.05, 4.69) is 4.90 Å². The molecule has 60 heavy (non-hydrogen) atoms. The fraction of sp³-hybridized carbons (Fsp3) is 0.622. The first-order valence-corrected chi connectivity index (χ1v) is 21.0. The van der Waals surface area contributed by atoms with Crippen molar-refractivity contribution in [2.75, 3.05) is 45.9 Å². The highest BCUT2D eigenvalue weighted by atomic mass is 16.6. The van der Waals surface area contributed by atoms with E-state index in [1.807, 2.05) is 6.92 Å². The number of amides is 2. The first-order valence-electron chi connectivity index (χ1n) is 21.0. The molecule has 0 aromatic heterocycles.